The predicted octanol–water partition coefficient (Wildman–Crippen LogP) is 2.28. The first-order valence-electron chi connectivity index (χ1n) is 7.40. The minimum absolute atomic E-state index is 0.0275. The van der Waals surface area contributed by atoms with Crippen molar-refractivity contribution in [3.8, 4) is 6.07 Å². The van der Waals surface area contributed by atoms with E-state index >= 15 is 0 Å². The average molecular weight is 299 g/mol. The van der Waals surface area contributed by atoms with Crippen LogP contribution in [0.3, 0.4) is 0 Å². The van der Waals surface area contributed by atoms with E-state index in [4.69, 9.17) is 0 Å². The molecule has 1 N–H and O–H groups in total. The van der Waals surface area contributed by atoms with Gasteiger partial charge in [0.2, 0.25) is 0 Å². The number of aliphatic hydroxyl groups is 1. The summed E-state index contributed by atoms with van der Waals surface area (Å²) in [5.74, 6) is -0.184. The summed E-state index contributed by atoms with van der Waals surface area (Å²) in [6.45, 7) is 6.22. The van der Waals surface area contributed by atoms with Crippen LogP contribution >= 0.6 is 0 Å². The molecule has 1 saturated carbocycles. The van der Waals surface area contributed by atoms with Crippen molar-refractivity contribution in [1.82, 2.24) is 0 Å². The van der Waals surface area contributed by atoms with E-state index in [1.54, 1.807) is 0 Å². The van der Waals surface area contributed by atoms with Gasteiger partial charge in [0.15, 0.2) is 9.84 Å². The first-order chi connectivity index (χ1) is 9.06. The van der Waals surface area contributed by atoms with Crippen LogP contribution in [0.5, 0.6) is 0 Å². The van der Waals surface area contributed by atoms with Gasteiger partial charge in [-0.3, -0.25) is 0 Å². The van der Waals surface area contributed by atoms with Gasteiger partial charge in [-0.25, -0.2) is 8.42 Å². The fourth-order valence-electron chi connectivity index (χ4n) is 4.25. The summed E-state index contributed by atoms with van der Waals surface area (Å²) in [6, 6.07) is 2.22. The van der Waals surface area contributed by atoms with Crippen LogP contribution in [0, 0.1) is 28.1 Å². The monoisotopic (exact) mass is 299 g/mol. The molecule has 4 nitrogen and oxygen atoms in total. The van der Waals surface area contributed by atoms with E-state index in [9.17, 15) is 18.8 Å². The molecule has 1 heterocycles. The van der Waals surface area contributed by atoms with E-state index in [1.165, 1.54) is 0 Å². The van der Waals surface area contributed by atoms with Crippen LogP contribution in [0.25, 0.3) is 0 Å². The topological polar surface area (TPSA) is 78.2 Å². The molecule has 0 aromatic rings. The molecule has 0 aromatic carbocycles. The highest BCUT2D eigenvalue weighted by atomic mass is 32.2. The Morgan fingerprint density at radius 2 is 1.90 bits per heavy atom. The van der Waals surface area contributed by atoms with Crippen LogP contribution in [-0.4, -0.2) is 30.6 Å². The van der Waals surface area contributed by atoms with E-state index in [-0.39, 0.29) is 29.3 Å². The molecule has 3 unspecified atom stereocenters. The van der Waals surface area contributed by atoms with Gasteiger partial charge in [0.05, 0.1) is 23.2 Å². The Labute approximate surface area is 122 Å². The summed E-state index contributed by atoms with van der Waals surface area (Å²) in [4.78, 5) is 0. The molecule has 5 heteroatoms. The second kappa shape index (κ2) is 4.71. The Kier molecular flexibility index (Phi) is 3.71. The predicted molar refractivity (Wildman–Crippen MR) is 77.7 cm³/mol. The van der Waals surface area contributed by atoms with Gasteiger partial charge in [0, 0.05) is 0 Å². The summed E-state index contributed by atoms with van der Waals surface area (Å²) in [7, 11) is -3.20. The number of nitriles is 1. The molecule has 0 spiro atoms. The average Bonchev–Trinajstić information content (AvgIpc) is 2.66. The molecule has 1 aliphatic heterocycles. The lowest BCUT2D eigenvalue weighted by Gasteiger charge is -2.52. The lowest BCUT2D eigenvalue weighted by Crippen LogP contribution is -2.58. The van der Waals surface area contributed by atoms with Gasteiger partial charge in [-0.1, -0.05) is 33.6 Å². The smallest absolute Gasteiger partial charge is 0.152 e. The number of hydrogen-bond acceptors (Lipinski definition) is 4. The molecule has 2 aliphatic rings. The highest BCUT2D eigenvalue weighted by molar-refractivity contribution is 7.91. The van der Waals surface area contributed by atoms with Crippen molar-refractivity contribution in [3.05, 3.63) is 0 Å². The molecule has 0 aromatic heterocycles. The zero-order valence-corrected chi connectivity index (χ0v) is 13.5. The second-order valence-corrected chi connectivity index (χ2v) is 9.81. The summed E-state index contributed by atoms with van der Waals surface area (Å²) < 4.78 is 23.8. The third-order valence-corrected chi connectivity index (χ3v) is 7.03. The van der Waals surface area contributed by atoms with Crippen molar-refractivity contribution in [2.45, 2.75) is 58.5 Å². The van der Waals surface area contributed by atoms with E-state index < -0.39 is 20.9 Å². The third kappa shape index (κ3) is 2.37. The molecule has 1 saturated heterocycles. The number of rotatable bonds is 1. The highest BCUT2D eigenvalue weighted by Gasteiger charge is 2.62. The summed E-state index contributed by atoms with van der Waals surface area (Å²) in [5, 5.41) is 21.0. The lowest BCUT2D eigenvalue weighted by molar-refractivity contribution is -0.147. The Hall–Kier alpha value is -0.600. The molecule has 114 valence electrons. The molecule has 20 heavy (non-hydrogen) atoms. The molecular formula is C15H25NO3S. The first-order valence-corrected chi connectivity index (χ1v) is 9.23. The van der Waals surface area contributed by atoms with Crippen molar-refractivity contribution in [2.24, 2.45) is 16.7 Å². The van der Waals surface area contributed by atoms with E-state index in [0.717, 1.165) is 19.3 Å². The maximum atomic E-state index is 11.9. The molecule has 3 atom stereocenters. The van der Waals surface area contributed by atoms with Gasteiger partial charge in [-0.15, -0.1) is 0 Å². The second-order valence-electron chi connectivity index (χ2n) is 7.62. The summed E-state index contributed by atoms with van der Waals surface area (Å²) >= 11 is 0. The Morgan fingerprint density at radius 1 is 1.25 bits per heavy atom. The van der Waals surface area contributed by atoms with Crippen LogP contribution in [0.15, 0.2) is 0 Å². The van der Waals surface area contributed by atoms with E-state index in [0.29, 0.717) is 6.42 Å². The third-order valence-electron chi connectivity index (χ3n) is 5.27. The quantitative estimate of drug-likeness (QED) is 0.805. The lowest BCUT2D eigenvalue weighted by atomic mass is 9.54. The number of nitrogens with zero attached hydrogens (tertiary/aromatic N) is 1. The minimum atomic E-state index is -3.20. The molecule has 1 aliphatic carbocycles. The van der Waals surface area contributed by atoms with Crippen molar-refractivity contribution < 1.29 is 13.5 Å². The molecule has 2 rings (SSSR count). The minimum Gasteiger partial charge on any atom is -0.388 e. The van der Waals surface area contributed by atoms with Gasteiger partial charge in [0.1, 0.15) is 5.41 Å². The molecular weight excluding hydrogens is 274 g/mol. The Bertz CT molecular complexity index is 528. The summed E-state index contributed by atoms with van der Waals surface area (Å²) in [5.41, 5.74) is -2.43. The van der Waals surface area contributed by atoms with Gasteiger partial charge >= 0.3 is 0 Å². The number of sulfone groups is 1. The Balaban J connectivity index is 2.48. The fourth-order valence-corrected chi connectivity index (χ4v) is 6.27. The van der Waals surface area contributed by atoms with Crippen LogP contribution in [0.1, 0.15) is 52.9 Å². The maximum Gasteiger partial charge on any atom is 0.152 e. The van der Waals surface area contributed by atoms with Gasteiger partial charge in [0.25, 0.3) is 0 Å². The van der Waals surface area contributed by atoms with Crippen LogP contribution in [-0.2, 0) is 9.84 Å². The van der Waals surface area contributed by atoms with Crippen LogP contribution < -0.4 is 0 Å². The first kappa shape index (κ1) is 15.8. The van der Waals surface area contributed by atoms with E-state index in [1.807, 2.05) is 0 Å². The zero-order valence-electron chi connectivity index (χ0n) is 12.6. The SMILES string of the molecule is CC(C)(C)C1CCCCC1(O)C1(C#N)CCS(=O)(=O)C1. The Morgan fingerprint density at radius 3 is 2.35 bits per heavy atom. The highest BCUT2D eigenvalue weighted by Crippen LogP contribution is 2.55. The largest absolute Gasteiger partial charge is 0.388 e. The van der Waals surface area contributed by atoms with Gasteiger partial charge in [-0.05, 0) is 30.6 Å². The molecule has 2 fully saturated rings. The van der Waals surface area contributed by atoms with Crippen molar-refractivity contribution >= 4 is 9.84 Å². The zero-order chi connectivity index (χ0) is 15.2. The van der Waals surface area contributed by atoms with Gasteiger partial charge in [-0.2, -0.15) is 5.26 Å². The normalized spacial score (nSPS) is 41.2. The number of hydrogen-bond donors (Lipinski definition) is 1. The van der Waals surface area contributed by atoms with Crippen molar-refractivity contribution in [3.63, 3.8) is 0 Å². The molecule has 0 amide bonds. The summed E-state index contributed by atoms with van der Waals surface area (Å²) in [6.07, 6.45) is 3.58. The fraction of sp³-hybridized carbons (Fsp3) is 0.933. The maximum absolute atomic E-state index is 11.9. The van der Waals surface area contributed by atoms with Crippen molar-refractivity contribution in [1.29, 1.82) is 5.26 Å². The van der Waals surface area contributed by atoms with Crippen LogP contribution in [0.4, 0.5) is 0 Å². The van der Waals surface area contributed by atoms with Gasteiger partial charge < -0.3 is 5.11 Å². The van der Waals surface area contributed by atoms with Crippen molar-refractivity contribution in [2.75, 3.05) is 11.5 Å². The molecule has 0 radical (unpaired) electrons. The van der Waals surface area contributed by atoms with Crippen LogP contribution in [0.2, 0.25) is 0 Å². The standard InChI is InChI=1S/C15H25NO3S/c1-13(2,3)12-6-4-5-7-15(12,17)14(10-16)8-9-20(18,19)11-14/h12,17H,4-9,11H2,1-3H3. The molecule has 0 bridgehead atoms. The van der Waals surface area contributed by atoms with E-state index in [2.05, 4.69) is 26.8 Å².